The molecule has 2 rings (SSSR count). The van der Waals surface area contributed by atoms with Gasteiger partial charge in [-0.05, 0) is 48.4 Å². The van der Waals surface area contributed by atoms with Gasteiger partial charge in [-0.3, -0.25) is 4.79 Å². The lowest BCUT2D eigenvalue weighted by atomic mass is 10.2. The fourth-order valence-electron chi connectivity index (χ4n) is 2.24. The predicted octanol–water partition coefficient (Wildman–Crippen LogP) is 2.54. The third-order valence-electron chi connectivity index (χ3n) is 3.71. The normalized spacial score (nSPS) is 11.7. The highest BCUT2D eigenvalue weighted by atomic mass is 79.9. The zero-order valence-corrected chi connectivity index (χ0v) is 17.5. The monoisotopic (exact) mass is 453 g/mol. The topological polar surface area (TPSA) is 88.1 Å². The van der Waals surface area contributed by atoms with Crippen LogP contribution in [0.3, 0.4) is 0 Å². The van der Waals surface area contributed by atoms with E-state index in [9.17, 15) is 13.2 Å². The minimum atomic E-state index is -3.80. The number of hydrogen-bond donors (Lipinski definition) is 1. The number of carbonyl (C=O) groups excluding carboxylic acids is 1. The molecule has 0 radical (unpaired) electrons. The van der Waals surface area contributed by atoms with Crippen molar-refractivity contribution in [2.75, 3.05) is 20.7 Å². The van der Waals surface area contributed by atoms with E-state index in [0.29, 0.717) is 11.3 Å². The van der Waals surface area contributed by atoms with E-state index in [2.05, 4.69) is 26.5 Å². The maximum absolute atomic E-state index is 12.6. The molecular formula is C18H20BrN3O4S. The number of carbonyl (C=O) groups is 1. The molecular weight excluding hydrogens is 434 g/mol. The molecule has 9 heteroatoms. The summed E-state index contributed by atoms with van der Waals surface area (Å²) >= 11 is 3.33. The maximum atomic E-state index is 12.6. The fraction of sp³-hybridized carbons (Fsp3) is 0.222. The summed E-state index contributed by atoms with van der Waals surface area (Å²) in [4.78, 5) is 12.1. The summed E-state index contributed by atoms with van der Waals surface area (Å²) in [7, 11) is -0.948. The van der Waals surface area contributed by atoms with E-state index < -0.39 is 15.9 Å². The van der Waals surface area contributed by atoms with Crippen molar-refractivity contribution in [1.82, 2.24) is 9.73 Å². The summed E-state index contributed by atoms with van der Waals surface area (Å²) in [6.45, 7) is 1.40. The van der Waals surface area contributed by atoms with Crippen molar-refractivity contribution >= 4 is 38.1 Å². The number of amides is 1. The van der Waals surface area contributed by atoms with Crippen molar-refractivity contribution in [2.24, 2.45) is 5.10 Å². The molecule has 0 aromatic heterocycles. The number of likely N-dealkylation sites (N-methyl/N-ethyl adjacent to an activating group) is 1. The molecule has 2 aromatic carbocycles. The first-order valence-electron chi connectivity index (χ1n) is 7.92. The van der Waals surface area contributed by atoms with E-state index in [1.54, 1.807) is 13.0 Å². The average Bonchev–Trinajstić information content (AvgIpc) is 2.63. The molecule has 7 nitrogen and oxygen atoms in total. The number of aryl methyl sites for hydroxylation is 1. The molecule has 0 spiro atoms. The van der Waals surface area contributed by atoms with Gasteiger partial charge in [0.1, 0.15) is 5.75 Å². The van der Waals surface area contributed by atoms with Gasteiger partial charge in [0.05, 0.1) is 24.8 Å². The first-order chi connectivity index (χ1) is 12.7. The molecule has 2 aromatic rings. The Bertz CT molecular complexity index is 944. The fourth-order valence-corrected chi connectivity index (χ4v) is 3.72. The number of hydrazone groups is 1. The van der Waals surface area contributed by atoms with E-state index in [1.807, 2.05) is 24.3 Å². The Labute approximate surface area is 167 Å². The first-order valence-corrected chi connectivity index (χ1v) is 10.2. The molecule has 0 fully saturated rings. The van der Waals surface area contributed by atoms with Gasteiger partial charge in [-0.1, -0.05) is 28.1 Å². The van der Waals surface area contributed by atoms with E-state index in [4.69, 9.17) is 4.74 Å². The molecule has 0 aliphatic heterocycles. The SMILES string of the molecule is COc1ccc(S(=O)(=O)N(C)CC(=O)NN=Cc2ccc(Br)cc2)cc1C. The highest BCUT2D eigenvalue weighted by Crippen LogP contribution is 2.23. The van der Waals surface area contributed by atoms with Gasteiger partial charge >= 0.3 is 0 Å². The zero-order chi connectivity index (χ0) is 20.0. The molecule has 0 bridgehead atoms. The molecule has 1 N–H and O–H groups in total. The number of hydrogen-bond acceptors (Lipinski definition) is 5. The van der Waals surface area contributed by atoms with Crippen LogP contribution < -0.4 is 10.2 Å². The van der Waals surface area contributed by atoms with E-state index in [-0.39, 0.29) is 11.4 Å². The third kappa shape index (κ3) is 5.62. The maximum Gasteiger partial charge on any atom is 0.255 e. The Morgan fingerprint density at radius 1 is 1.26 bits per heavy atom. The Morgan fingerprint density at radius 2 is 1.93 bits per heavy atom. The number of methoxy groups -OCH3 is 1. The van der Waals surface area contributed by atoms with Gasteiger partial charge in [0.2, 0.25) is 10.0 Å². The molecule has 27 heavy (non-hydrogen) atoms. The van der Waals surface area contributed by atoms with Gasteiger partial charge in [-0.25, -0.2) is 13.8 Å². The smallest absolute Gasteiger partial charge is 0.255 e. The Hall–Kier alpha value is -2.23. The number of benzene rings is 2. The quantitative estimate of drug-likeness (QED) is 0.515. The number of halogens is 1. The summed E-state index contributed by atoms with van der Waals surface area (Å²) in [5.41, 5.74) is 3.81. The molecule has 0 unspecified atom stereocenters. The second kappa shape index (κ2) is 9.12. The van der Waals surface area contributed by atoms with Gasteiger partial charge in [-0.2, -0.15) is 9.41 Å². The van der Waals surface area contributed by atoms with Crippen LogP contribution in [-0.2, 0) is 14.8 Å². The van der Waals surface area contributed by atoms with Crippen LogP contribution in [0.25, 0.3) is 0 Å². The molecule has 1 amide bonds. The van der Waals surface area contributed by atoms with Crippen molar-refractivity contribution in [3.05, 3.63) is 58.1 Å². The number of nitrogens with zero attached hydrogens (tertiary/aromatic N) is 2. The Balaban J connectivity index is 2.00. The van der Waals surface area contributed by atoms with Crippen molar-refractivity contribution < 1.29 is 17.9 Å². The lowest BCUT2D eigenvalue weighted by Gasteiger charge is -2.17. The van der Waals surface area contributed by atoms with Gasteiger partial charge in [-0.15, -0.1) is 0 Å². The Morgan fingerprint density at radius 3 is 2.52 bits per heavy atom. The van der Waals surface area contributed by atoms with E-state index >= 15 is 0 Å². The van der Waals surface area contributed by atoms with Crippen molar-refractivity contribution in [3.63, 3.8) is 0 Å². The summed E-state index contributed by atoms with van der Waals surface area (Å²) in [5, 5.41) is 3.84. The minimum Gasteiger partial charge on any atom is -0.496 e. The summed E-state index contributed by atoms with van der Waals surface area (Å²) < 4.78 is 32.3. The van der Waals surface area contributed by atoms with Crippen LogP contribution >= 0.6 is 15.9 Å². The van der Waals surface area contributed by atoms with Crippen LogP contribution in [0.4, 0.5) is 0 Å². The minimum absolute atomic E-state index is 0.0921. The molecule has 0 saturated carbocycles. The average molecular weight is 454 g/mol. The zero-order valence-electron chi connectivity index (χ0n) is 15.1. The molecule has 0 atom stereocenters. The summed E-state index contributed by atoms with van der Waals surface area (Å²) in [6, 6.07) is 11.9. The second-order valence-electron chi connectivity index (χ2n) is 5.74. The summed E-state index contributed by atoms with van der Waals surface area (Å²) in [5.74, 6) is 0.0521. The van der Waals surface area contributed by atoms with Gasteiger partial charge in [0, 0.05) is 11.5 Å². The van der Waals surface area contributed by atoms with Crippen LogP contribution in [0.2, 0.25) is 0 Å². The highest BCUT2D eigenvalue weighted by molar-refractivity contribution is 9.10. The third-order valence-corrected chi connectivity index (χ3v) is 6.04. The van der Waals surface area contributed by atoms with Crippen molar-refractivity contribution in [2.45, 2.75) is 11.8 Å². The van der Waals surface area contributed by atoms with Crippen LogP contribution in [0.15, 0.2) is 56.9 Å². The molecule has 144 valence electrons. The van der Waals surface area contributed by atoms with Gasteiger partial charge in [0.15, 0.2) is 0 Å². The number of nitrogens with one attached hydrogen (secondary N) is 1. The van der Waals surface area contributed by atoms with Gasteiger partial charge in [0.25, 0.3) is 5.91 Å². The van der Waals surface area contributed by atoms with Crippen LogP contribution in [0.5, 0.6) is 5.75 Å². The molecule has 0 saturated heterocycles. The van der Waals surface area contributed by atoms with E-state index in [1.165, 1.54) is 32.5 Å². The molecule has 0 heterocycles. The lowest BCUT2D eigenvalue weighted by Crippen LogP contribution is -2.36. The standard InChI is InChI=1S/C18H20BrN3O4S/c1-13-10-16(8-9-17(13)26-3)27(24,25)22(2)12-18(23)21-20-11-14-4-6-15(19)7-5-14/h4-11H,12H2,1-3H3,(H,21,23). The van der Waals surface area contributed by atoms with E-state index in [0.717, 1.165) is 14.3 Å². The Kier molecular flexibility index (Phi) is 7.11. The number of sulfonamides is 1. The molecule has 0 aliphatic carbocycles. The van der Waals surface area contributed by atoms with Crippen LogP contribution in [-0.4, -0.2) is 45.5 Å². The number of ether oxygens (including phenoxy) is 1. The van der Waals surface area contributed by atoms with Crippen LogP contribution in [0, 0.1) is 6.92 Å². The largest absolute Gasteiger partial charge is 0.496 e. The van der Waals surface area contributed by atoms with Gasteiger partial charge < -0.3 is 4.74 Å². The predicted molar refractivity (Wildman–Crippen MR) is 107 cm³/mol. The summed E-state index contributed by atoms with van der Waals surface area (Å²) in [6.07, 6.45) is 1.48. The van der Waals surface area contributed by atoms with Crippen molar-refractivity contribution in [3.8, 4) is 5.75 Å². The van der Waals surface area contributed by atoms with Crippen molar-refractivity contribution in [1.29, 1.82) is 0 Å². The first kappa shape index (κ1) is 21.1. The number of rotatable bonds is 7. The highest BCUT2D eigenvalue weighted by Gasteiger charge is 2.23. The van der Waals surface area contributed by atoms with Crippen LogP contribution in [0.1, 0.15) is 11.1 Å². The molecule has 0 aliphatic rings. The lowest BCUT2D eigenvalue weighted by molar-refractivity contribution is -0.121. The second-order valence-corrected chi connectivity index (χ2v) is 8.70.